The van der Waals surface area contributed by atoms with E-state index >= 15 is 0 Å². The van der Waals surface area contributed by atoms with E-state index in [1.165, 1.54) is 45.4 Å². The van der Waals surface area contributed by atoms with Crippen molar-refractivity contribution in [2.24, 2.45) is 11.3 Å². The SMILES string of the molecule is C[C](C)=[Zr]([Cl])([Cl])([C]1=CC(C(C)(C)C)=CC1C)[CH]1c2cc(C(C)(C)C)ccc2-c2ccc(C(C)(C)C)cc21. The third-order valence-electron chi connectivity index (χ3n) is 8.80. The number of rotatable bonds is 2. The van der Waals surface area contributed by atoms with Crippen molar-refractivity contribution in [1.29, 1.82) is 0 Å². The summed E-state index contributed by atoms with van der Waals surface area (Å²) >= 11 is -4.89. The van der Waals surface area contributed by atoms with Crippen molar-refractivity contribution < 1.29 is 15.9 Å². The molecular weight excluding hydrogens is 571 g/mol. The van der Waals surface area contributed by atoms with Gasteiger partial charge in [-0.3, -0.25) is 0 Å². The molecule has 3 heteroatoms. The molecule has 37 heavy (non-hydrogen) atoms. The van der Waals surface area contributed by atoms with Crippen LogP contribution in [0.25, 0.3) is 11.1 Å². The van der Waals surface area contributed by atoms with Crippen molar-refractivity contribution in [3.8, 4) is 11.1 Å². The number of benzene rings is 2. The van der Waals surface area contributed by atoms with Crippen LogP contribution < -0.4 is 0 Å². The van der Waals surface area contributed by atoms with Gasteiger partial charge in [-0.25, -0.2) is 0 Å². The van der Waals surface area contributed by atoms with Crippen LogP contribution in [0.5, 0.6) is 0 Å². The average molecular weight is 617 g/mol. The number of halogens is 2. The molecule has 2 aromatic carbocycles. The second-order valence-electron chi connectivity index (χ2n) is 14.9. The minimum atomic E-state index is -4.89. The van der Waals surface area contributed by atoms with Gasteiger partial charge < -0.3 is 0 Å². The fraction of sp³-hybridized carbons (Fsp3) is 0.500. The molecule has 2 aliphatic carbocycles. The molecule has 2 aliphatic rings. The second kappa shape index (κ2) is 8.88. The molecule has 4 rings (SSSR count). The van der Waals surface area contributed by atoms with Crippen molar-refractivity contribution >= 4 is 20.2 Å². The maximum atomic E-state index is 8.28. The van der Waals surface area contributed by atoms with Crippen molar-refractivity contribution in [2.75, 3.05) is 0 Å². The van der Waals surface area contributed by atoms with E-state index in [-0.39, 0.29) is 25.8 Å². The summed E-state index contributed by atoms with van der Waals surface area (Å²) in [7, 11) is 16.6. The topological polar surface area (TPSA) is 0 Å². The number of allylic oxidation sites excluding steroid dienone is 4. The molecule has 0 saturated heterocycles. The van der Waals surface area contributed by atoms with Crippen molar-refractivity contribution in [3.63, 3.8) is 0 Å². The second-order valence-corrected chi connectivity index (χ2v) is 35.9. The molecule has 0 heterocycles. The summed E-state index contributed by atoms with van der Waals surface area (Å²) in [6.45, 7) is 27.3. The van der Waals surface area contributed by atoms with E-state index in [2.05, 4.69) is 132 Å². The molecular formula is C34H46Cl2Zr. The van der Waals surface area contributed by atoms with Gasteiger partial charge in [0.15, 0.2) is 0 Å². The van der Waals surface area contributed by atoms with Crippen LogP contribution in [0.4, 0.5) is 0 Å². The third-order valence-corrected chi connectivity index (χ3v) is 31.0. The van der Waals surface area contributed by atoms with Gasteiger partial charge in [-0.15, -0.1) is 0 Å². The first-order valence-corrected chi connectivity index (χ1v) is 24.0. The summed E-state index contributed by atoms with van der Waals surface area (Å²) in [6, 6.07) is 14.1. The van der Waals surface area contributed by atoms with Gasteiger partial charge in [0.1, 0.15) is 0 Å². The average Bonchev–Trinajstić information content (AvgIpc) is 3.30. The molecule has 0 amide bonds. The molecule has 0 aliphatic heterocycles. The third kappa shape index (κ3) is 4.68. The van der Waals surface area contributed by atoms with Crippen molar-refractivity contribution in [2.45, 2.75) is 97.5 Å². The van der Waals surface area contributed by atoms with E-state index < -0.39 is 15.9 Å². The Morgan fingerprint density at radius 3 is 1.46 bits per heavy atom. The van der Waals surface area contributed by atoms with Gasteiger partial charge in [0, 0.05) is 0 Å². The Bertz CT molecular complexity index is 1340. The number of hydrogen-bond acceptors (Lipinski definition) is 0. The van der Waals surface area contributed by atoms with E-state index in [0.717, 1.165) is 0 Å². The molecule has 0 radical (unpaired) electrons. The van der Waals surface area contributed by atoms with E-state index in [1.807, 2.05) is 0 Å². The zero-order valence-electron chi connectivity index (χ0n) is 25.0. The molecule has 0 fully saturated rings. The Kier molecular flexibility index (Phi) is 7.02. The summed E-state index contributed by atoms with van der Waals surface area (Å²) in [5.74, 6) is 0.230. The van der Waals surface area contributed by atoms with Crippen LogP contribution in [0.15, 0.2) is 57.4 Å². The Hall–Kier alpha value is -0.747. The fourth-order valence-corrected chi connectivity index (χ4v) is 22.5. The first-order valence-electron chi connectivity index (χ1n) is 13.8. The molecule has 0 nitrogen and oxygen atoms in total. The number of fused-ring (bicyclic) bond motifs is 3. The predicted octanol–water partition coefficient (Wildman–Crippen LogP) is 11.1. The van der Waals surface area contributed by atoms with Gasteiger partial charge in [0.05, 0.1) is 0 Å². The van der Waals surface area contributed by atoms with Crippen LogP contribution >= 0.6 is 17.0 Å². The van der Waals surface area contributed by atoms with Gasteiger partial charge in [-0.05, 0) is 0 Å². The molecule has 0 N–H and O–H groups in total. The Balaban J connectivity index is 2.12. The van der Waals surface area contributed by atoms with E-state index in [0.29, 0.717) is 0 Å². The Labute approximate surface area is 234 Å². The summed E-state index contributed by atoms with van der Waals surface area (Å²) in [6.07, 6.45) is 4.80. The summed E-state index contributed by atoms with van der Waals surface area (Å²) < 4.78 is 2.50. The monoisotopic (exact) mass is 614 g/mol. The zero-order valence-corrected chi connectivity index (χ0v) is 29.0. The van der Waals surface area contributed by atoms with Crippen LogP contribution in [0.2, 0.25) is 0 Å². The summed E-state index contributed by atoms with van der Waals surface area (Å²) in [5.41, 5.74) is 9.40. The van der Waals surface area contributed by atoms with Crippen LogP contribution in [0.1, 0.15) is 109 Å². The maximum absolute atomic E-state index is 8.28. The van der Waals surface area contributed by atoms with E-state index in [1.54, 1.807) is 0 Å². The summed E-state index contributed by atoms with van der Waals surface area (Å²) in [5, 5.41) is 0. The molecule has 1 atom stereocenters. The van der Waals surface area contributed by atoms with Gasteiger partial charge in [0.25, 0.3) is 0 Å². The first kappa shape index (κ1) is 29.2. The molecule has 0 aromatic heterocycles. The van der Waals surface area contributed by atoms with E-state index in [9.17, 15) is 0 Å². The van der Waals surface area contributed by atoms with Crippen LogP contribution in [0, 0.1) is 11.3 Å². The molecule has 200 valence electrons. The van der Waals surface area contributed by atoms with Gasteiger partial charge in [-0.1, -0.05) is 0 Å². The quantitative estimate of drug-likeness (QED) is 0.315. The van der Waals surface area contributed by atoms with E-state index in [4.69, 9.17) is 17.0 Å². The standard InChI is InChI=1S/C21H25.C10H15.C3H6.2ClH.Zr/c1-20(2,3)16-7-9-18-14(12-16)11-15-13-17(21(4,5)6)8-10-19(15)18;1-8-5-6-9(7-8)10(2,3)4;1-3-2;;;/h7-13H,1-6H3;6-8H,1-4H3;1-2H3;2*1H;/q;;;;;+2/p-2. The molecule has 0 saturated carbocycles. The zero-order chi connectivity index (χ0) is 28.0. The fourth-order valence-electron chi connectivity index (χ4n) is 6.21. The van der Waals surface area contributed by atoms with Crippen molar-refractivity contribution in [3.05, 3.63) is 79.7 Å². The predicted molar refractivity (Wildman–Crippen MR) is 164 cm³/mol. The van der Waals surface area contributed by atoms with Crippen molar-refractivity contribution in [1.82, 2.24) is 0 Å². The summed E-state index contributed by atoms with van der Waals surface area (Å²) in [4.78, 5) is 0. The normalized spacial score (nSPS) is 18.9. The first-order chi connectivity index (χ1) is 16.7. The molecule has 0 spiro atoms. The molecule has 2 aromatic rings. The van der Waals surface area contributed by atoms with Gasteiger partial charge in [-0.2, -0.15) is 0 Å². The van der Waals surface area contributed by atoms with Crippen LogP contribution in [0.3, 0.4) is 0 Å². The Morgan fingerprint density at radius 1 is 0.703 bits per heavy atom. The van der Waals surface area contributed by atoms with Crippen LogP contribution in [-0.4, -0.2) is 3.21 Å². The molecule has 0 bridgehead atoms. The minimum absolute atomic E-state index is 0.00853. The number of hydrogen-bond donors (Lipinski definition) is 0. The van der Waals surface area contributed by atoms with Gasteiger partial charge >= 0.3 is 236 Å². The van der Waals surface area contributed by atoms with Gasteiger partial charge in [0.2, 0.25) is 0 Å². The van der Waals surface area contributed by atoms with Crippen LogP contribution in [-0.2, 0) is 26.7 Å². The Morgan fingerprint density at radius 2 is 1.14 bits per heavy atom. The molecule has 1 unspecified atom stereocenters.